The highest BCUT2D eigenvalue weighted by atomic mass is 35.5. The first kappa shape index (κ1) is 21.0. The molecular weight excluding hydrogens is 404 g/mol. The molecule has 0 aliphatic rings. The van der Waals surface area contributed by atoms with Crippen molar-refractivity contribution in [3.63, 3.8) is 0 Å². The Kier molecular flexibility index (Phi) is 7.39. The molecule has 0 aliphatic carbocycles. The molecule has 0 atom stereocenters. The Balaban J connectivity index is 1.77. The third-order valence-corrected chi connectivity index (χ3v) is 5.63. The smallest absolute Gasteiger partial charge is 0.341 e. The molecular formula is C24H21ClO3S. The zero-order valence-electron chi connectivity index (χ0n) is 16.0. The predicted octanol–water partition coefficient (Wildman–Crippen LogP) is 6.34. The first-order valence-corrected chi connectivity index (χ1v) is 10.5. The minimum atomic E-state index is -1.02. The van der Waals surface area contributed by atoms with Gasteiger partial charge in [-0.3, -0.25) is 0 Å². The van der Waals surface area contributed by atoms with Gasteiger partial charge in [-0.1, -0.05) is 77.8 Å². The maximum absolute atomic E-state index is 10.6. The van der Waals surface area contributed by atoms with Crippen molar-refractivity contribution >= 4 is 34.9 Å². The van der Waals surface area contributed by atoms with E-state index in [2.05, 4.69) is 49.4 Å². The van der Waals surface area contributed by atoms with Gasteiger partial charge in [0.05, 0.1) is 5.02 Å². The number of carbonyl (C=O) groups is 1. The number of rotatable bonds is 8. The van der Waals surface area contributed by atoms with Crippen LogP contribution in [-0.2, 0) is 4.79 Å². The average Bonchev–Trinajstić information content (AvgIpc) is 2.71. The van der Waals surface area contributed by atoms with E-state index in [9.17, 15) is 4.79 Å². The van der Waals surface area contributed by atoms with E-state index in [4.69, 9.17) is 21.4 Å². The van der Waals surface area contributed by atoms with Crippen LogP contribution in [-0.4, -0.2) is 23.4 Å². The first-order chi connectivity index (χ1) is 14.0. The lowest BCUT2D eigenvalue weighted by atomic mass is 9.97. The molecule has 3 aromatic rings. The maximum Gasteiger partial charge on any atom is 0.341 e. The molecule has 0 fully saturated rings. The van der Waals surface area contributed by atoms with Crippen LogP contribution < -0.4 is 4.74 Å². The summed E-state index contributed by atoms with van der Waals surface area (Å²) in [5.74, 6) is 0.170. The number of halogens is 1. The number of aliphatic carboxylic acids is 1. The van der Waals surface area contributed by atoms with Crippen LogP contribution in [0.1, 0.15) is 16.7 Å². The summed E-state index contributed by atoms with van der Waals surface area (Å²) >= 11 is 7.97. The lowest BCUT2D eigenvalue weighted by molar-refractivity contribution is -0.139. The van der Waals surface area contributed by atoms with Crippen LogP contribution in [0.15, 0.2) is 83.8 Å². The van der Waals surface area contributed by atoms with Gasteiger partial charge in [0.25, 0.3) is 0 Å². The molecule has 29 heavy (non-hydrogen) atoms. The number of hydrogen-bond donors (Lipinski definition) is 1. The fraction of sp³-hybridized carbons (Fsp3) is 0.125. The summed E-state index contributed by atoms with van der Waals surface area (Å²) in [7, 11) is 0. The van der Waals surface area contributed by atoms with Crippen LogP contribution >= 0.6 is 23.4 Å². The normalized spacial score (nSPS) is 11.3. The number of carboxylic acids is 1. The van der Waals surface area contributed by atoms with Gasteiger partial charge in [0.1, 0.15) is 5.75 Å². The molecule has 148 valence electrons. The van der Waals surface area contributed by atoms with Crippen LogP contribution in [0.2, 0.25) is 5.02 Å². The molecule has 0 aromatic heterocycles. The van der Waals surface area contributed by atoms with Crippen molar-refractivity contribution in [2.45, 2.75) is 11.8 Å². The van der Waals surface area contributed by atoms with Gasteiger partial charge in [0, 0.05) is 10.6 Å². The van der Waals surface area contributed by atoms with Gasteiger partial charge in [0.2, 0.25) is 0 Å². The Labute approximate surface area is 180 Å². The number of ether oxygens (including phenoxy) is 1. The largest absolute Gasteiger partial charge is 0.482 e. The summed E-state index contributed by atoms with van der Waals surface area (Å²) in [5.41, 5.74) is 4.75. The number of carboxylic acid groups (broad SMARTS) is 1. The SMILES string of the molecule is Cc1cccc(/C(=C\CSc2ccc(OCC(=O)O)cc2Cl)c2ccccc2)c1. The van der Waals surface area contributed by atoms with Crippen molar-refractivity contribution in [1.29, 1.82) is 0 Å². The van der Waals surface area contributed by atoms with E-state index in [1.54, 1.807) is 23.9 Å². The van der Waals surface area contributed by atoms with Gasteiger partial charge < -0.3 is 9.84 Å². The minimum absolute atomic E-state index is 0.386. The molecule has 0 unspecified atom stereocenters. The van der Waals surface area contributed by atoms with E-state index in [1.807, 2.05) is 24.3 Å². The molecule has 1 N–H and O–H groups in total. The fourth-order valence-corrected chi connectivity index (χ4v) is 4.01. The molecule has 0 bridgehead atoms. The lowest BCUT2D eigenvalue weighted by Gasteiger charge is -2.10. The van der Waals surface area contributed by atoms with Gasteiger partial charge in [-0.15, -0.1) is 11.8 Å². The molecule has 0 aliphatic heterocycles. The zero-order chi connectivity index (χ0) is 20.6. The van der Waals surface area contributed by atoms with Gasteiger partial charge in [-0.05, 0) is 41.8 Å². The molecule has 0 spiro atoms. The monoisotopic (exact) mass is 424 g/mol. The quantitative estimate of drug-likeness (QED) is 0.429. The maximum atomic E-state index is 10.6. The van der Waals surface area contributed by atoms with Crippen molar-refractivity contribution in [2.75, 3.05) is 12.4 Å². The Bertz CT molecular complexity index is 1020. The highest BCUT2D eigenvalue weighted by Gasteiger charge is 2.07. The molecule has 0 saturated carbocycles. The highest BCUT2D eigenvalue weighted by molar-refractivity contribution is 7.99. The van der Waals surface area contributed by atoms with Crippen LogP contribution in [0, 0.1) is 6.92 Å². The van der Waals surface area contributed by atoms with Crippen molar-refractivity contribution < 1.29 is 14.6 Å². The first-order valence-electron chi connectivity index (χ1n) is 9.12. The topological polar surface area (TPSA) is 46.5 Å². The van der Waals surface area contributed by atoms with E-state index in [0.717, 1.165) is 10.6 Å². The Morgan fingerprint density at radius 2 is 1.79 bits per heavy atom. The summed E-state index contributed by atoms with van der Waals surface area (Å²) < 4.78 is 5.17. The van der Waals surface area contributed by atoms with Crippen molar-refractivity contribution in [1.82, 2.24) is 0 Å². The van der Waals surface area contributed by atoms with Crippen molar-refractivity contribution in [3.05, 3.63) is 101 Å². The van der Waals surface area contributed by atoms with Crippen molar-refractivity contribution in [2.24, 2.45) is 0 Å². The molecule has 0 saturated heterocycles. The third-order valence-electron chi connectivity index (χ3n) is 4.21. The number of benzene rings is 3. The van der Waals surface area contributed by atoms with Crippen LogP contribution in [0.3, 0.4) is 0 Å². The van der Waals surface area contributed by atoms with E-state index in [0.29, 0.717) is 10.8 Å². The molecule has 3 rings (SSSR count). The standard InChI is InChI=1S/C24H21ClO3S/c1-17-6-5-9-19(14-17)21(18-7-3-2-4-8-18)12-13-29-23-11-10-20(15-22(23)25)28-16-24(26)27/h2-12,14-15H,13,16H2,1H3,(H,26,27)/b21-12-. The molecule has 0 heterocycles. The summed E-state index contributed by atoms with van der Waals surface area (Å²) in [5, 5.41) is 9.25. The van der Waals surface area contributed by atoms with E-state index in [-0.39, 0.29) is 6.61 Å². The van der Waals surface area contributed by atoms with Gasteiger partial charge in [0.15, 0.2) is 6.61 Å². The number of thioether (sulfide) groups is 1. The van der Waals surface area contributed by atoms with E-state index < -0.39 is 5.97 Å². The summed E-state index contributed by atoms with van der Waals surface area (Å²) in [6.07, 6.45) is 2.21. The number of hydrogen-bond acceptors (Lipinski definition) is 3. The fourth-order valence-electron chi connectivity index (χ4n) is 2.88. The van der Waals surface area contributed by atoms with E-state index >= 15 is 0 Å². The third kappa shape index (κ3) is 6.14. The zero-order valence-corrected chi connectivity index (χ0v) is 17.5. The second-order valence-corrected chi connectivity index (χ2v) is 7.91. The second-order valence-electron chi connectivity index (χ2n) is 6.44. The average molecular weight is 425 g/mol. The molecule has 5 heteroatoms. The lowest BCUT2D eigenvalue weighted by Crippen LogP contribution is -2.09. The van der Waals surface area contributed by atoms with Gasteiger partial charge in [-0.25, -0.2) is 4.79 Å². The Morgan fingerprint density at radius 3 is 2.48 bits per heavy atom. The molecule has 3 nitrogen and oxygen atoms in total. The molecule has 0 amide bonds. The second kappa shape index (κ2) is 10.2. The van der Waals surface area contributed by atoms with Crippen molar-refractivity contribution in [3.8, 4) is 5.75 Å². The van der Waals surface area contributed by atoms with Crippen LogP contribution in [0.5, 0.6) is 5.75 Å². The minimum Gasteiger partial charge on any atom is -0.482 e. The van der Waals surface area contributed by atoms with Crippen LogP contribution in [0.25, 0.3) is 5.57 Å². The molecule has 0 radical (unpaired) electrons. The Morgan fingerprint density at radius 1 is 1.03 bits per heavy atom. The van der Waals surface area contributed by atoms with Crippen LogP contribution in [0.4, 0.5) is 0 Å². The van der Waals surface area contributed by atoms with Gasteiger partial charge in [-0.2, -0.15) is 0 Å². The summed E-state index contributed by atoms with van der Waals surface area (Å²) in [6, 6.07) is 24.0. The van der Waals surface area contributed by atoms with E-state index in [1.165, 1.54) is 22.3 Å². The summed E-state index contributed by atoms with van der Waals surface area (Å²) in [4.78, 5) is 11.5. The van der Waals surface area contributed by atoms with Gasteiger partial charge >= 0.3 is 5.97 Å². The Hall–Kier alpha value is -2.69. The molecule has 3 aromatic carbocycles. The predicted molar refractivity (Wildman–Crippen MR) is 120 cm³/mol. The summed E-state index contributed by atoms with van der Waals surface area (Å²) in [6.45, 7) is 1.71. The number of aryl methyl sites for hydroxylation is 1. The highest BCUT2D eigenvalue weighted by Crippen LogP contribution is 2.32.